The molecule has 0 unspecified atom stereocenters. The van der Waals surface area contributed by atoms with Crippen molar-refractivity contribution < 1.29 is 14.3 Å². The maximum absolute atomic E-state index is 11.0. The van der Waals surface area contributed by atoms with Crippen LogP contribution >= 0.6 is 31.9 Å². The van der Waals surface area contributed by atoms with E-state index in [2.05, 4.69) is 37.9 Å². The molecule has 1 heterocycles. The highest BCUT2D eigenvalue weighted by Gasteiger charge is 2.20. The Kier molecular flexibility index (Phi) is 9.48. The number of ether oxygens (including phenoxy) is 2. The average molecular weight is 410 g/mol. The van der Waals surface area contributed by atoms with Gasteiger partial charge in [0.2, 0.25) is 0 Å². The van der Waals surface area contributed by atoms with Crippen molar-refractivity contribution in [3.8, 4) is 0 Å². The summed E-state index contributed by atoms with van der Waals surface area (Å²) in [6.45, 7) is 0. The quantitative estimate of drug-likeness (QED) is 0.310. The summed E-state index contributed by atoms with van der Waals surface area (Å²) in [4.78, 5) is 11.0. The number of carbonyl (C=O) groups is 1. The Hall–Kier alpha value is -0.130. The highest BCUT2D eigenvalue weighted by molar-refractivity contribution is 9.28. The van der Waals surface area contributed by atoms with Gasteiger partial charge in [-0.3, -0.25) is 4.79 Å². The monoisotopic (exact) mass is 408 g/mol. The fourth-order valence-electron chi connectivity index (χ4n) is 2.10. The number of hydrogen-bond acceptors (Lipinski definition) is 3. The van der Waals surface area contributed by atoms with E-state index < -0.39 is 0 Å². The highest BCUT2D eigenvalue weighted by atomic mass is 79.9. The van der Waals surface area contributed by atoms with E-state index in [-0.39, 0.29) is 18.2 Å². The summed E-state index contributed by atoms with van der Waals surface area (Å²) >= 11 is 6.70. The Morgan fingerprint density at radius 3 is 2.85 bits per heavy atom. The molecular weight excluding hydrogens is 388 g/mol. The lowest BCUT2D eigenvalue weighted by Gasteiger charge is -2.11. The number of hydrogen-bond donors (Lipinski definition) is 0. The Morgan fingerprint density at radius 2 is 2.25 bits per heavy atom. The number of allylic oxidation sites excluding steroid dienone is 1. The maximum atomic E-state index is 11.0. The van der Waals surface area contributed by atoms with Crippen molar-refractivity contribution in [2.45, 2.75) is 57.2 Å². The minimum atomic E-state index is -0.0976. The van der Waals surface area contributed by atoms with Crippen LogP contribution in [0.5, 0.6) is 0 Å². The molecule has 1 rings (SSSR count). The van der Waals surface area contributed by atoms with E-state index >= 15 is 0 Å². The maximum Gasteiger partial charge on any atom is 0.306 e. The van der Waals surface area contributed by atoms with Gasteiger partial charge in [0.05, 0.1) is 9.50 Å². The minimum Gasteiger partial charge on any atom is -0.458 e. The summed E-state index contributed by atoms with van der Waals surface area (Å²) in [5, 5.41) is 0. The number of esters is 1. The predicted molar refractivity (Wildman–Crippen MR) is 88.1 cm³/mol. The first-order valence-corrected chi connectivity index (χ1v) is 8.62. The van der Waals surface area contributed by atoms with Gasteiger partial charge in [0.1, 0.15) is 6.10 Å². The molecule has 1 fully saturated rings. The number of carbonyl (C=O) groups excluding carboxylic acids is 1. The third kappa shape index (κ3) is 8.22. The molecule has 0 aromatic carbocycles. The van der Waals surface area contributed by atoms with Gasteiger partial charge in [0.25, 0.3) is 0 Å². The fraction of sp³-hybridized carbons (Fsp3) is 0.667. The first-order valence-electron chi connectivity index (χ1n) is 7.03. The lowest BCUT2D eigenvalue weighted by atomic mass is 10.1. The van der Waals surface area contributed by atoms with Gasteiger partial charge in [0.15, 0.2) is 0 Å². The van der Waals surface area contributed by atoms with Gasteiger partial charge in [0, 0.05) is 13.5 Å². The summed E-state index contributed by atoms with van der Waals surface area (Å²) in [7, 11) is 1.72. The van der Waals surface area contributed by atoms with E-state index in [1.165, 1.54) is 12.8 Å². The zero-order chi connectivity index (χ0) is 14.8. The molecule has 0 saturated carbocycles. The Balaban J connectivity index is 2.14. The van der Waals surface area contributed by atoms with Crippen LogP contribution in [0.3, 0.4) is 0 Å². The molecule has 114 valence electrons. The minimum absolute atomic E-state index is 0.0541. The second-order valence-corrected chi connectivity index (χ2v) is 7.63. The zero-order valence-corrected chi connectivity index (χ0v) is 15.0. The van der Waals surface area contributed by atoms with Crippen LogP contribution in [0.4, 0.5) is 0 Å². The Bertz CT molecular complexity index is 349. The van der Waals surface area contributed by atoms with E-state index in [9.17, 15) is 4.79 Å². The largest absolute Gasteiger partial charge is 0.458 e. The summed E-state index contributed by atoms with van der Waals surface area (Å²) in [5.74, 6) is -0.0976. The van der Waals surface area contributed by atoms with E-state index in [1.54, 1.807) is 7.11 Å². The Morgan fingerprint density at radius 1 is 1.45 bits per heavy atom. The van der Waals surface area contributed by atoms with Crippen LogP contribution in [0.2, 0.25) is 0 Å². The van der Waals surface area contributed by atoms with Gasteiger partial charge < -0.3 is 9.47 Å². The molecular formula is C15H22Br2O3. The fourth-order valence-corrected chi connectivity index (χ4v) is 2.56. The van der Waals surface area contributed by atoms with Crippen molar-refractivity contribution in [3.63, 3.8) is 0 Å². The van der Waals surface area contributed by atoms with Crippen LogP contribution in [0.1, 0.15) is 44.9 Å². The molecule has 0 radical (unpaired) electrons. The smallest absolute Gasteiger partial charge is 0.306 e. The molecule has 1 aliphatic heterocycles. The number of cyclic esters (lactones) is 1. The normalized spacial score (nSPS) is 20.1. The van der Waals surface area contributed by atoms with Crippen molar-refractivity contribution in [1.29, 1.82) is 0 Å². The SMILES string of the molecule is CO[C@H](/C=C/[C@H]1CCC(=O)O1)CCCCCC=C(Br)Br. The molecule has 0 amide bonds. The summed E-state index contributed by atoms with van der Waals surface area (Å²) < 4.78 is 11.6. The first kappa shape index (κ1) is 17.9. The second kappa shape index (κ2) is 10.6. The molecule has 0 spiro atoms. The average Bonchev–Trinajstić information content (AvgIpc) is 2.82. The summed E-state index contributed by atoms with van der Waals surface area (Å²) in [6.07, 6.45) is 13.1. The van der Waals surface area contributed by atoms with Crippen molar-refractivity contribution in [1.82, 2.24) is 0 Å². The van der Waals surface area contributed by atoms with Crippen LogP contribution < -0.4 is 0 Å². The number of rotatable bonds is 9. The van der Waals surface area contributed by atoms with Crippen LogP contribution in [-0.4, -0.2) is 25.3 Å². The number of halogens is 2. The first-order chi connectivity index (χ1) is 9.61. The summed E-state index contributed by atoms with van der Waals surface area (Å²) in [5.41, 5.74) is 0. The third-order valence-electron chi connectivity index (χ3n) is 3.25. The lowest BCUT2D eigenvalue weighted by molar-refractivity contribution is -0.140. The van der Waals surface area contributed by atoms with E-state index in [1.807, 2.05) is 12.2 Å². The van der Waals surface area contributed by atoms with Crippen LogP contribution in [0.15, 0.2) is 21.6 Å². The molecule has 1 saturated heterocycles. The molecule has 3 nitrogen and oxygen atoms in total. The predicted octanol–water partition coefficient (Wildman–Crippen LogP) is 4.84. The van der Waals surface area contributed by atoms with E-state index in [0.29, 0.717) is 6.42 Å². The van der Waals surface area contributed by atoms with Gasteiger partial charge in [-0.2, -0.15) is 0 Å². The van der Waals surface area contributed by atoms with Crippen molar-refractivity contribution in [3.05, 3.63) is 21.6 Å². The highest BCUT2D eigenvalue weighted by Crippen LogP contribution is 2.17. The van der Waals surface area contributed by atoms with E-state index in [4.69, 9.17) is 9.47 Å². The molecule has 0 bridgehead atoms. The van der Waals surface area contributed by atoms with Gasteiger partial charge in [-0.05, 0) is 63.6 Å². The van der Waals surface area contributed by atoms with Gasteiger partial charge in [-0.1, -0.05) is 25.0 Å². The molecule has 0 aromatic heterocycles. The molecule has 20 heavy (non-hydrogen) atoms. The molecule has 1 aliphatic rings. The molecule has 5 heteroatoms. The lowest BCUT2D eigenvalue weighted by Crippen LogP contribution is -2.09. The van der Waals surface area contributed by atoms with Crippen molar-refractivity contribution in [2.75, 3.05) is 7.11 Å². The second-order valence-electron chi connectivity index (χ2n) is 4.86. The molecule has 0 aliphatic carbocycles. The van der Waals surface area contributed by atoms with Crippen LogP contribution in [-0.2, 0) is 14.3 Å². The van der Waals surface area contributed by atoms with Gasteiger partial charge in [-0.25, -0.2) is 0 Å². The Labute approximate surface area is 138 Å². The van der Waals surface area contributed by atoms with Crippen molar-refractivity contribution >= 4 is 37.8 Å². The van der Waals surface area contributed by atoms with Crippen molar-refractivity contribution in [2.24, 2.45) is 0 Å². The van der Waals surface area contributed by atoms with Crippen LogP contribution in [0.25, 0.3) is 0 Å². The topological polar surface area (TPSA) is 35.5 Å². The number of unbranched alkanes of at least 4 members (excludes halogenated alkanes) is 3. The standard InChI is InChI=1S/C15H22Br2O3/c1-19-12(6-4-2-3-5-7-14(16)17)8-9-13-10-11-15(18)20-13/h7-9,12-13H,2-6,10-11H2,1H3/b9-8+/t12-,13-/m0/s1. The summed E-state index contributed by atoms with van der Waals surface area (Å²) in [6, 6.07) is 0. The van der Waals surface area contributed by atoms with Gasteiger partial charge >= 0.3 is 5.97 Å². The molecule has 0 aromatic rings. The van der Waals surface area contributed by atoms with Gasteiger partial charge in [-0.15, -0.1) is 0 Å². The molecule has 2 atom stereocenters. The van der Waals surface area contributed by atoms with E-state index in [0.717, 1.165) is 29.1 Å². The zero-order valence-electron chi connectivity index (χ0n) is 11.8. The number of methoxy groups -OCH3 is 1. The van der Waals surface area contributed by atoms with Crippen LogP contribution in [0, 0.1) is 0 Å². The third-order valence-corrected chi connectivity index (χ3v) is 3.90. The molecule has 0 N–H and O–H groups in total.